The second-order valence-corrected chi connectivity index (χ2v) is 5.80. The normalized spacial score (nSPS) is 22.4. The molecule has 1 N–H and O–H groups in total. The molecule has 2 fully saturated rings. The van der Waals surface area contributed by atoms with E-state index in [1.807, 2.05) is 12.1 Å². The Labute approximate surface area is 114 Å². The second-order valence-electron chi connectivity index (χ2n) is 5.80. The summed E-state index contributed by atoms with van der Waals surface area (Å²) >= 11 is 0. The van der Waals surface area contributed by atoms with Crippen LogP contribution in [-0.4, -0.2) is 37.4 Å². The Morgan fingerprint density at radius 2 is 1.89 bits per heavy atom. The third kappa shape index (κ3) is 2.63. The van der Waals surface area contributed by atoms with Gasteiger partial charge in [-0.05, 0) is 56.3 Å². The molecule has 4 nitrogen and oxygen atoms in total. The molecule has 0 aromatic carbocycles. The van der Waals surface area contributed by atoms with Crippen molar-refractivity contribution in [2.45, 2.75) is 25.7 Å². The summed E-state index contributed by atoms with van der Waals surface area (Å²) in [7, 11) is 0. The molecule has 2 aliphatic rings. The van der Waals surface area contributed by atoms with Crippen LogP contribution in [0.1, 0.15) is 36.0 Å². The van der Waals surface area contributed by atoms with Crippen LogP contribution in [0.5, 0.6) is 0 Å². The summed E-state index contributed by atoms with van der Waals surface area (Å²) in [5, 5.41) is 3.45. The van der Waals surface area contributed by atoms with Crippen LogP contribution in [0.3, 0.4) is 0 Å². The molecule has 0 bridgehead atoms. The average Bonchev–Trinajstić information content (AvgIpc) is 2.49. The van der Waals surface area contributed by atoms with Crippen molar-refractivity contribution in [2.24, 2.45) is 5.41 Å². The van der Waals surface area contributed by atoms with Crippen molar-refractivity contribution >= 4 is 12.1 Å². The third-order valence-electron chi connectivity index (χ3n) is 4.72. The zero-order chi connectivity index (χ0) is 13.1. The summed E-state index contributed by atoms with van der Waals surface area (Å²) in [6.07, 6.45) is 7.68. The van der Waals surface area contributed by atoms with E-state index in [0.717, 1.165) is 25.2 Å². The van der Waals surface area contributed by atoms with Crippen LogP contribution in [0.25, 0.3) is 0 Å². The minimum absolute atomic E-state index is 0.574. The smallest absolute Gasteiger partial charge is 0.151 e. The van der Waals surface area contributed by atoms with Crippen LogP contribution in [0.4, 0.5) is 5.82 Å². The van der Waals surface area contributed by atoms with Gasteiger partial charge in [-0.15, -0.1) is 0 Å². The maximum absolute atomic E-state index is 10.6. The highest BCUT2D eigenvalue weighted by atomic mass is 16.1. The molecule has 0 radical (unpaired) electrons. The largest absolute Gasteiger partial charge is 0.357 e. The second kappa shape index (κ2) is 5.29. The molecule has 0 aliphatic carbocycles. The molecule has 2 saturated heterocycles. The number of hydrogen-bond donors (Lipinski definition) is 1. The molecule has 3 heterocycles. The van der Waals surface area contributed by atoms with Gasteiger partial charge in [0.25, 0.3) is 0 Å². The number of hydrogen-bond acceptors (Lipinski definition) is 4. The molecule has 0 unspecified atom stereocenters. The van der Waals surface area contributed by atoms with Crippen LogP contribution < -0.4 is 10.2 Å². The van der Waals surface area contributed by atoms with E-state index in [1.165, 1.54) is 38.8 Å². The maximum atomic E-state index is 10.6. The summed E-state index contributed by atoms with van der Waals surface area (Å²) in [5.41, 5.74) is 1.22. The number of pyridine rings is 1. The maximum Gasteiger partial charge on any atom is 0.151 e. The molecule has 3 rings (SSSR count). The highest BCUT2D eigenvalue weighted by molar-refractivity contribution is 5.74. The van der Waals surface area contributed by atoms with Crippen molar-refractivity contribution in [1.82, 2.24) is 10.3 Å². The summed E-state index contributed by atoms with van der Waals surface area (Å²) in [4.78, 5) is 17.4. The first-order chi connectivity index (χ1) is 9.31. The third-order valence-corrected chi connectivity index (χ3v) is 4.72. The fraction of sp³-hybridized carbons (Fsp3) is 0.600. The van der Waals surface area contributed by atoms with Gasteiger partial charge in [-0.2, -0.15) is 0 Å². The standard InChI is InChI=1S/C15H21N3O/c19-12-13-1-2-14(17-11-13)18-9-5-15(6-10-18)3-7-16-8-4-15/h1-2,11-12,16H,3-10H2. The summed E-state index contributed by atoms with van der Waals surface area (Å²) in [6, 6.07) is 3.81. The zero-order valence-electron chi connectivity index (χ0n) is 11.3. The van der Waals surface area contributed by atoms with Crippen LogP contribution in [0.15, 0.2) is 18.3 Å². The lowest BCUT2D eigenvalue weighted by Gasteiger charge is -2.44. The summed E-state index contributed by atoms with van der Waals surface area (Å²) in [6.45, 7) is 4.53. The first-order valence-electron chi connectivity index (χ1n) is 7.18. The van der Waals surface area contributed by atoms with E-state index in [4.69, 9.17) is 0 Å². The van der Waals surface area contributed by atoms with Crippen LogP contribution in [0.2, 0.25) is 0 Å². The molecular formula is C15H21N3O. The van der Waals surface area contributed by atoms with Gasteiger partial charge in [-0.25, -0.2) is 4.98 Å². The van der Waals surface area contributed by atoms with E-state index < -0.39 is 0 Å². The summed E-state index contributed by atoms with van der Waals surface area (Å²) < 4.78 is 0. The number of carbonyl (C=O) groups excluding carboxylic acids is 1. The van der Waals surface area contributed by atoms with E-state index in [0.29, 0.717) is 11.0 Å². The first kappa shape index (κ1) is 12.6. The average molecular weight is 259 g/mol. The van der Waals surface area contributed by atoms with Gasteiger partial charge in [0.15, 0.2) is 6.29 Å². The Kier molecular flexibility index (Phi) is 3.51. The molecule has 1 aromatic rings. The molecule has 4 heteroatoms. The van der Waals surface area contributed by atoms with E-state index in [2.05, 4.69) is 15.2 Å². The predicted octanol–water partition coefficient (Wildman–Crippen LogP) is 1.86. The van der Waals surface area contributed by atoms with Crippen molar-refractivity contribution < 1.29 is 4.79 Å². The van der Waals surface area contributed by atoms with Crippen molar-refractivity contribution in [3.05, 3.63) is 23.9 Å². The van der Waals surface area contributed by atoms with Crippen molar-refractivity contribution in [3.63, 3.8) is 0 Å². The van der Waals surface area contributed by atoms with Crippen LogP contribution in [-0.2, 0) is 0 Å². The fourth-order valence-electron chi connectivity index (χ4n) is 3.32. The Hall–Kier alpha value is -1.42. The molecule has 0 amide bonds. The number of aldehydes is 1. The molecule has 1 aromatic heterocycles. The van der Waals surface area contributed by atoms with Crippen LogP contribution in [0, 0.1) is 5.41 Å². The molecular weight excluding hydrogens is 238 g/mol. The number of rotatable bonds is 2. The lowest BCUT2D eigenvalue weighted by atomic mass is 9.71. The van der Waals surface area contributed by atoms with Gasteiger partial charge in [0, 0.05) is 24.8 Å². The van der Waals surface area contributed by atoms with Crippen LogP contribution >= 0.6 is 0 Å². The van der Waals surface area contributed by atoms with Crippen molar-refractivity contribution in [2.75, 3.05) is 31.1 Å². The SMILES string of the molecule is O=Cc1ccc(N2CCC3(CCNCC3)CC2)nc1. The monoisotopic (exact) mass is 259 g/mol. The number of carbonyl (C=O) groups is 1. The predicted molar refractivity (Wildman–Crippen MR) is 75.6 cm³/mol. The fourth-order valence-corrected chi connectivity index (χ4v) is 3.32. The van der Waals surface area contributed by atoms with Gasteiger partial charge >= 0.3 is 0 Å². The number of aromatic nitrogens is 1. The lowest BCUT2D eigenvalue weighted by Crippen LogP contribution is -2.45. The van der Waals surface area contributed by atoms with Gasteiger partial charge in [0.05, 0.1) is 0 Å². The quantitative estimate of drug-likeness (QED) is 0.824. The number of nitrogens with one attached hydrogen (secondary N) is 1. The number of nitrogens with zero attached hydrogens (tertiary/aromatic N) is 2. The Balaban J connectivity index is 1.64. The van der Waals surface area contributed by atoms with Crippen molar-refractivity contribution in [1.29, 1.82) is 0 Å². The Morgan fingerprint density at radius 1 is 1.16 bits per heavy atom. The highest BCUT2D eigenvalue weighted by Gasteiger charge is 2.35. The van der Waals surface area contributed by atoms with E-state index in [9.17, 15) is 4.79 Å². The number of anilines is 1. The van der Waals surface area contributed by atoms with E-state index in [-0.39, 0.29) is 0 Å². The van der Waals surface area contributed by atoms with E-state index >= 15 is 0 Å². The molecule has 1 spiro atoms. The first-order valence-corrected chi connectivity index (χ1v) is 7.18. The van der Waals surface area contributed by atoms with E-state index in [1.54, 1.807) is 6.20 Å². The molecule has 0 atom stereocenters. The molecule has 2 aliphatic heterocycles. The molecule has 102 valence electrons. The molecule has 19 heavy (non-hydrogen) atoms. The summed E-state index contributed by atoms with van der Waals surface area (Å²) in [5.74, 6) is 1.01. The van der Waals surface area contributed by atoms with Gasteiger partial charge in [0.2, 0.25) is 0 Å². The van der Waals surface area contributed by atoms with Gasteiger partial charge in [0.1, 0.15) is 5.82 Å². The van der Waals surface area contributed by atoms with Crippen molar-refractivity contribution in [3.8, 4) is 0 Å². The highest BCUT2D eigenvalue weighted by Crippen LogP contribution is 2.40. The van der Waals surface area contributed by atoms with Gasteiger partial charge in [-0.3, -0.25) is 4.79 Å². The minimum atomic E-state index is 0.574. The lowest BCUT2D eigenvalue weighted by molar-refractivity contribution is 0.112. The zero-order valence-corrected chi connectivity index (χ0v) is 11.3. The topological polar surface area (TPSA) is 45.2 Å². The minimum Gasteiger partial charge on any atom is -0.357 e. The van der Waals surface area contributed by atoms with Gasteiger partial charge in [-0.1, -0.05) is 0 Å². The molecule has 0 saturated carbocycles. The Bertz CT molecular complexity index is 427. The number of piperidine rings is 2. The Morgan fingerprint density at radius 3 is 2.47 bits per heavy atom. The van der Waals surface area contributed by atoms with Gasteiger partial charge < -0.3 is 10.2 Å².